The molecule has 3 N–H and O–H groups in total. The van der Waals surface area contributed by atoms with Crippen molar-refractivity contribution < 1.29 is 4.79 Å². The van der Waals surface area contributed by atoms with E-state index in [0.29, 0.717) is 31.0 Å². The number of halogens is 1. The number of rotatable bonds is 7. The average Bonchev–Trinajstić information content (AvgIpc) is 3.25. The van der Waals surface area contributed by atoms with Crippen LogP contribution in [-0.2, 0) is 4.79 Å². The molecule has 2 aliphatic rings. The number of thiophene rings is 1. The molecule has 3 rings (SSSR count). The zero-order valence-corrected chi connectivity index (χ0v) is 21.5. The zero-order chi connectivity index (χ0) is 20.5. The first-order valence-electron chi connectivity index (χ1n) is 11.1. The fraction of sp³-hybridized carbons (Fsp3) is 0.727. The number of nitrogens with one attached hydrogen (secondary N) is 3. The number of carbonyl (C=O) groups excluding carboxylic acids is 1. The molecule has 1 saturated heterocycles. The van der Waals surface area contributed by atoms with Crippen molar-refractivity contribution in [2.24, 2.45) is 10.9 Å². The number of amides is 1. The highest BCUT2D eigenvalue weighted by molar-refractivity contribution is 14.0. The van der Waals surface area contributed by atoms with Crippen LogP contribution in [0.5, 0.6) is 0 Å². The molecule has 0 aromatic carbocycles. The van der Waals surface area contributed by atoms with Crippen LogP contribution in [0.2, 0.25) is 0 Å². The van der Waals surface area contributed by atoms with Crippen LogP contribution in [-0.4, -0.2) is 56.5 Å². The zero-order valence-electron chi connectivity index (χ0n) is 18.4. The number of nitrogens with zero attached hydrogens (tertiary/aromatic N) is 2. The Bertz CT molecular complexity index is 648. The summed E-state index contributed by atoms with van der Waals surface area (Å²) in [7, 11) is 4.02. The molecule has 2 heterocycles. The number of carbonyl (C=O) groups is 1. The summed E-state index contributed by atoms with van der Waals surface area (Å²) in [5.41, 5.74) is 0. The molecule has 6 nitrogen and oxygen atoms in total. The highest BCUT2D eigenvalue weighted by Gasteiger charge is 2.31. The van der Waals surface area contributed by atoms with Gasteiger partial charge in [-0.15, -0.1) is 35.3 Å². The molecule has 2 fully saturated rings. The van der Waals surface area contributed by atoms with Gasteiger partial charge < -0.3 is 16.0 Å². The van der Waals surface area contributed by atoms with Crippen molar-refractivity contribution in [3.05, 3.63) is 22.4 Å². The summed E-state index contributed by atoms with van der Waals surface area (Å²) in [6.07, 6.45) is 8.98. The Morgan fingerprint density at radius 2 is 2.00 bits per heavy atom. The molecule has 0 spiro atoms. The van der Waals surface area contributed by atoms with Gasteiger partial charge in [0, 0.05) is 43.5 Å². The molecular weight excluding hydrogens is 509 g/mol. The smallest absolute Gasteiger partial charge is 0.221 e. The number of guanidine groups is 1. The maximum Gasteiger partial charge on any atom is 0.221 e. The van der Waals surface area contributed by atoms with E-state index in [2.05, 4.69) is 50.4 Å². The molecular formula is C22H38IN5OS. The van der Waals surface area contributed by atoms with E-state index in [0.717, 1.165) is 31.9 Å². The lowest BCUT2D eigenvalue weighted by Gasteiger charge is -2.39. The van der Waals surface area contributed by atoms with Gasteiger partial charge in [0.15, 0.2) is 5.96 Å². The summed E-state index contributed by atoms with van der Waals surface area (Å²) in [5.74, 6) is 1.49. The summed E-state index contributed by atoms with van der Waals surface area (Å²) >= 11 is 1.85. The summed E-state index contributed by atoms with van der Waals surface area (Å²) in [6.45, 7) is 2.65. The van der Waals surface area contributed by atoms with Crippen LogP contribution in [0.3, 0.4) is 0 Å². The van der Waals surface area contributed by atoms with Crippen LogP contribution in [0, 0.1) is 5.92 Å². The van der Waals surface area contributed by atoms with Crippen molar-refractivity contribution >= 4 is 47.2 Å². The Morgan fingerprint density at radius 1 is 1.20 bits per heavy atom. The second kappa shape index (κ2) is 13.5. The van der Waals surface area contributed by atoms with Crippen LogP contribution in [0.25, 0.3) is 0 Å². The Labute approximate surface area is 202 Å². The van der Waals surface area contributed by atoms with Gasteiger partial charge in [-0.3, -0.25) is 14.7 Å². The van der Waals surface area contributed by atoms with Crippen molar-refractivity contribution in [3.63, 3.8) is 0 Å². The molecule has 8 heteroatoms. The van der Waals surface area contributed by atoms with Gasteiger partial charge in [0.2, 0.25) is 5.91 Å². The van der Waals surface area contributed by atoms with Crippen molar-refractivity contribution in [2.45, 2.75) is 63.5 Å². The third kappa shape index (κ3) is 7.67. The number of likely N-dealkylation sites (tertiary alicyclic amines) is 1. The third-order valence-electron chi connectivity index (χ3n) is 6.21. The van der Waals surface area contributed by atoms with Gasteiger partial charge >= 0.3 is 0 Å². The lowest BCUT2D eigenvalue weighted by molar-refractivity contribution is -0.121. The van der Waals surface area contributed by atoms with E-state index >= 15 is 0 Å². The quantitative estimate of drug-likeness (QED) is 0.277. The van der Waals surface area contributed by atoms with Gasteiger partial charge in [-0.25, -0.2) is 0 Å². The van der Waals surface area contributed by atoms with Crippen LogP contribution < -0.4 is 16.0 Å². The molecule has 170 valence electrons. The topological polar surface area (TPSA) is 68.8 Å². The minimum Gasteiger partial charge on any atom is -0.356 e. The second-order valence-corrected chi connectivity index (χ2v) is 9.35. The van der Waals surface area contributed by atoms with Gasteiger partial charge in [-0.05, 0) is 56.6 Å². The van der Waals surface area contributed by atoms with Crippen LogP contribution in [0.4, 0.5) is 0 Å². The molecule has 1 amide bonds. The van der Waals surface area contributed by atoms with Crippen molar-refractivity contribution in [3.8, 4) is 0 Å². The maximum absolute atomic E-state index is 12.2. The van der Waals surface area contributed by atoms with E-state index in [1.54, 1.807) is 7.05 Å². The molecule has 2 unspecified atom stereocenters. The van der Waals surface area contributed by atoms with E-state index < -0.39 is 0 Å². The monoisotopic (exact) mass is 547 g/mol. The van der Waals surface area contributed by atoms with Gasteiger partial charge in [-0.1, -0.05) is 25.3 Å². The fourth-order valence-corrected chi connectivity index (χ4v) is 5.66. The minimum absolute atomic E-state index is 0. The third-order valence-corrected chi connectivity index (χ3v) is 7.15. The molecule has 2 atom stereocenters. The summed E-state index contributed by atoms with van der Waals surface area (Å²) in [6, 6.07) is 5.25. The van der Waals surface area contributed by atoms with Gasteiger partial charge in [0.1, 0.15) is 0 Å². The lowest BCUT2D eigenvalue weighted by atomic mass is 9.88. The van der Waals surface area contributed by atoms with Crippen LogP contribution in [0.15, 0.2) is 22.5 Å². The maximum atomic E-state index is 12.2. The molecule has 1 aromatic heterocycles. The van der Waals surface area contributed by atoms with Crippen LogP contribution in [0.1, 0.15) is 62.3 Å². The molecule has 1 aliphatic heterocycles. The Kier molecular flexibility index (Phi) is 11.4. The van der Waals surface area contributed by atoms with Crippen molar-refractivity contribution in [2.75, 3.05) is 33.7 Å². The standard InChI is InChI=1S/C22H37N5OS.HI/c1-23-22(24-13-12-20(28)26-18-9-4-3-5-10-18)25-16-17-8-6-14-27(2)21(17)19-11-7-15-29-19;/h7,11,15,17-18,21H,3-6,8-10,12-14,16H2,1-2H3,(H,26,28)(H2,23,24,25);1H. The second-order valence-electron chi connectivity index (χ2n) is 8.38. The van der Waals surface area contributed by atoms with Crippen LogP contribution >= 0.6 is 35.3 Å². The van der Waals surface area contributed by atoms with E-state index in [4.69, 9.17) is 0 Å². The Balaban J connectivity index is 0.00000320. The first-order chi connectivity index (χ1) is 14.2. The van der Waals surface area contributed by atoms with Gasteiger partial charge in [0.25, 0.3) is 0 Å². The lowest BCUT2D eigenvalue weighted by Crippen LogP contribution is -2.45. The molecule has 0 bridgehead atoms. The van der Waals surface area contributed by atoms with E-state index in [1.165, 1.54) is 37.0 Å². The number of hydrogen-bond donors (Lipinski definition) is 3. The first kappa shape index (κ1) is 25.4. The summed E-state index contributed by atoms with van der Waals surface area (Å²) in [4.78, 5) is 20.4. The van der Waals surface area contributed by atoms with E-state index in [9.17, 15) is 4.79 Å². The largest absolute Gasteiger partial charge is 0.356 e. The summed E-state index contributed by atoms with van der Waals surface area (Å²) in [5, 5.41) is 12.1. The predicted molar refractivity (Wildman–Crippen MR) is 137 cm³/mol. The van der Waals surface area contributed by atoms with Gasteiger partial charge in [-0.2, -0.15) is 0 Å². The molecule has 30 heavy (non-hydrogen) atoms. The predicted octanol–water partition coefficient (Wildman–Crippen LogP) is 3.75. The van der Waals surface area contributed by atoms with Crippen molar-refractivity contribution in [1.29, 1.82) is 0 Å². The van der Waals surface area contributed by atoms with Gasteiger partial charge in [0.05, 0.1) is 0 Å². The van der Waals surface area contributed by atoms with E-state index in [-0.39, 0.29) is 29.9 Å². The highest BCUT2D eigenvalue weighted by atomic mass is 127. The van der Waals surface area contributed by atoms with E-state index in [1.807, 2.05) is 11.3 Å². The molecule has 1 aliphatic carbocycles. The fourth-order valence-electron chi connectivity index (χ4n) is 4.67. The Morgan fingerprint density at radius 3 is 2.70 bits per heavy atom. The SMILES string of the molecule is CN=C(NCCC(=O)NC1CCCCC1)NCC1CCCN(C)C1c1cccs1.I. The number of hydrogen-bond acceptors (Lipinski definition) is 4. The number of piperidine rings is 1. The molecule has 0 radical (unpaired) electrons. The van der Waals surface area contributed by atoms with Crippen molar-refractivity contribution in [1.82, 2.24) is 20.9 Å². The molecule has 1 saturated carbocycles. The minimum atomic E-state index is 0. The highest BCUT2D eigenvalue weighted by Crippen LogP contribution is 2.36. The normalized spacial score (nSPS) is 23.5. The summed E-state index contributed by atoms with van der Waals surface area (Å²) < 4.78 is 0. The first-order valence-corrected chi connectivity index (χ1v) is 12.0. The Hall–Kier alpha value is -0.870. The average molecular weight is 548 g/mol. The number of aliphatic imine (C=N–C) groups is 1. The molecule has 1 aromatic rings.